The van der Waals surface area contributed by atoms with Crippen LogP contribution in [0.5, 0.6) is 0 Å². The van der Waals surface area contributed by atoms with Gasteiger partial charge < -0.3 is 0 Å². The molecule has 22 heavy (non-hydrogen) atoms. The number of hydrogen-bond acceptors (Lipinski definition) is 4. The first-order valence-corrected chi connectivity index (χ1v) is 7.01. The van der Waals surface area contributed by atoms with Gasteiger partial charge in [0.25, 0.3) is 11.2 Å². The van der Waals surface area contributed by atoms with Crippen LogP contribution in [0.3, 0.4) is 0 Å². The molecule has 0 amide bonds. The summed E-state index contributed by atoms with van der Waals surface area (Å²) in [6, 6.07) is 9.02. The van der Waals surface area contributed by atoms with Gasteiger partial charge in [-0.1, -0.05) is 12.1 Å². The Morgan fingerprint density at radius 3 is 2.73 bits per heavy atom. The summed E-state index contributed by atoms with van der Waals surface area (Å²) in [6.45, 7) is 0.0393. The third kappa shape index (κ3) is 3.97. The highest BCUT2D eigenvalue weighted by Crippen LogP contribution is 2.21. The fraction of sp³-hybridized carbons (Fsp3) is 0.333. The molecular formula is C15H16FN3O3. The molecule has 0 atom stereocenters. The Morgan fingerprint density at radius 2 is 2.00 bits per heavy atom. The first kappa shape index (κ1) is 15.8. The van der Waals surface area contributed by atoms with Crippen molar-refractivity contribution in [2.45, 2.75) is 25.8 Å². The Bertz CT molecular complexity index is 715. The summed E-state index contributed by atoms with van der Waals surface area (Å²) in [7, 11) is 0. The van der Waals surface area contributed by atoms with Gasteiger partial charge in [-0.2, -0.15) is 5.10 Å². The van der Waals surface area contributed by atoms with Crippen molar-refractivity contribution in [3.8, 4) is 11.3 Å². The van der Waals surface area contributed by atoms with E-state index in [0.717, 1.165) is 0 Å². The van der Waals surface area contributed by atoms with E-state index < -0.39 is 4.92 Å². The standard InChI is InChI=1S/C15H16FN3O3/c16-9-2-1-3-10-18-15(20)8-7-14(17-18)12-5-4-6-13(11-12)19(21)22/h4-8,11H,1-3,9-10H2. The Morgan fingerprint density at radius 1 is 1.18 bits per heavy atom. The molecule has 1 heterocycles. The molecule has 6 nitrogen and oxygen atoms in total. The zero-order valence-corrected chi connectivity index (χ0v) is 11.9. The molecule has 0 fully saturated rings. The first-order valence-electron chi connectivity index (χ1n) is 7.01. The number of nitro groups is 1. The van der Waals surface area contributed by atoms with Crippen LogP contribution in [0.2, 0.25) is 0 Å². The molecule has 0 aliphatic rings. The van der Waals surface area contributed by atoms with Crippen LogP contribution in [0, 0.1) is 10.1 Å². The van der Waals surface area contributed by atoms with Gasteiger partial charge >= 0.3 is 0 Å². The van der Waals surface area contributed by atoms with Gasteiger partial charge in [0, 0.05) is 30.3 Å². The Kier molecular flexibility index (Phi) is 5.35. The third-order valence-corrected chi connectivity index (χ3v) is 3.22. The number of halogens is 1. The monoisotopic (exact) mass is 305 g/mol. The number of aryl methyl sites for hydroxylation is 1. The minimum atomic E-state index is -0.476. The van der Waals surface area contributed by atoms with Gasteiger partial charge in [0.2, 0.25) is 0 Å². The second-order valence-electron chi connectivity index (χ2n) is 4.84. The van der Waals surface area contributed by atoms with Crippen LogP contribution < -0.4 is 5.56 Å². The summed E-state index contributed by atoms with van der Waals surface area (Å²) in [5.41, 5.74) is 0.801. The molecule has 7 heteroatoms. The molecule has 0 aliphatic carbocycles. The van der Waals surface area contributed by atoms with E-state index in [9.17, 15) is 19.3 Å². The molecule has 1 aromatic carbocycles. The topological polar surface area (TPSA) is 78.0 Å². The Hall–Kier alpha value is -2.57. The molecule has 0 unspecified atom stereocenters. The van der Waals surface area contributed by atoms with Gasteiger partial charge in [0.15, 0.2) is 0 Å². The molecule has 0 bridgehead atoms. The highest BCUT2D eigenvalue weighted by Gasteiger charge is 2.09. The molecule has 0 N–H and O–H groups in total. The number of aromatic nitrogens is 2. The van der Waals surface area contributed by atoms with E-state index in [1.165, 1.54) is 22.9 Å². The summed E-state index contributed by atoms with van der Waals surface area (Å²) >= 11 is 0. The molecule has 1 aromatic heterocycles. The van der Waals surface area contributed by atoms with E-state index in [4.69, 9.17) is 0 Å². The van der Waals surface area contributed by atoms with Crippen LogP contribution in [0.1, 0.15) is 19.3 Å². The van der Waals surface area contributed by atoms with Gasteiger partial charge in [0.1, 0.15) is 0 Å². The lowest BCUT2D eigenvalue weighted by molar-refractivity contribution is -0.384. The Balaban J connectivity index is 2.23. The van der Waals surface area contributed by atoms with E-state index in [0.29, 0.717) is 37.1 Å². The average molecular weight is 305 g/mol. The molecule has 0 aliphatic heterocycles. The van der Waals surface area contributed by atoms with Crippen LogP contribution in [0.15, 0.2) is 41.2 Å². The minimum absolute atomic E-state index is 0.0278. The lowest BCUT2D eigenvalue weighted by Crippen LogP contribution is -2.22. The fourth-order valence-corrected chi connectivity index (χ4v) is 2.07. The number of nitrogens with zero attached hydrogens (tertiary/aromatic N) is 3. The van der Waals surface area contributed by atoms with E-state index >= 15 is 0 Å². The summed E-state index contributed by atoms with van der Waals surface area (Å²) in [5.74, 6) is 0. The quantitative estimate of drug-likeness (QED) is 0.447. The molecule has 0 spiro atoms. The number of hydrogen-bond donors (Lipinski definition) is 0. The SMILES string of the molecule is O=c1ccc(-c2cccc([N+](=O)[O-])c2)nn1CCCCCF. The number of unbranched alkanes of at least 4 members (excludes halogenated alkanes) is 2. The molecular weight excluding hydrogens is 289 g/mol. The van der Waals surface area contributed by atoms with Crippen molar-refractivity contribution in [2.75, 3.05) is 6.67 Å². The van der Waals surface area contributed by atoms with Gasteiger partial charge in [-0.3, -0.25) is 19.3 Å². The largest absolute Gasteiger partial charge is 0.270 e. The zero-order valence-electron chi connectivity index (χ0n) is 11.9. The second kappa shape index (κ2) is 7.44. The van der Waals surface area contributed by atoms with Crippen molar-refractivity contribution in [3.05, 3.63) is 56.9 Å². The van der Waals surface area contributed by atoms with E-state index in [-0.39, 0.29) is 17.9 Å². The van der Waals surface area contributed by atoms with Crippen molar-refractivity contribution < 1.29 is 9.31 Å². The van der Waals surface area contributed by atoms with Crippen LogP contribution >= 0.6 is 0 Å². The first-order chi connectivity index (χ1) is 10.6. The maximum atomic E-state index is 12.0. The number of alkyl halides is 1. The summed E-state index contributed by atoms with van der Waals surface area (Å²) in [6.07, 6.45) is 1.82. The third-order valence-electron chi connectivity index (χ3n) is 3.22. The van der Waals surface area contributed by atoms with Crippen LogP contribution in [0.4, 0.5) is 10.1 Å². The molecule has 116 valence electrons. The van der Waals surface area contributed by atoms with Gasteiger partial charge in [-0.15, -0.1) is 0 Å². The van der Waals surface area contributed by atoms with Crippen molar-refractivity contribution >= 4 is 5.69 Å². The summed E-state index contributed by atoms with van der Waals surface area (Å²) < 4.78 is 13.4. The normalized spacial score (nSPS) is 10.6. The number of benzene rings is 1. The predicted molar refractivity (Wildman–Crippen MR) is 80.4 cm³/mol. The van der Waals surface area contributed by atoms with Crippen LogP contribution in [0.25, 0.3) is 11.3 Å². The number of rotatable bonds is 7. The molecule has 0 radical (unpaired) electrons. The molecule has 0 saturated heterocycles. The minimum Gasteiger partial charge on any atom is -0.268 e. The number of non-ortho nitro benzene ring substituents is 1. The maximum Gasteiger partial charge on any atom is 0.270 e. The summed E-state index contributed by atoms with van der Waals surface area (Å²) in [4.78, 5) is 22.1. The van der Waals surface area contributed by atoms with E-state index in [1.807, 2.05) is 0 Å². The van der Waals surface area contributed by atoms with E-state index in [1.54, 1.807) is 18.2 Å². The number of nitro benzene ring substituents is 1. The van der Waals surface area contributed by atoms with Crippen molar-refractivity contribution in [1.29, 1.82) is 0 Å². The smallest absolute Gasteiger partial charge is 0.268 e. The molecule has 2 aromatic rings. The van der Waals surface area contributed by atoms with Crippen LogP contribution in [-0.4, -0.2) is 21.4 Å². The van der Waals surface area contributed by atoms with Gasteiger partial charge in [-0.25, -0.2) is 4.68 Å². The maximum absolute atomic E-state index is 12.0. The molecule has 0 saturated carbocycles. The lowest BCUT2D eigenvalue weighted by atomic mass is 10.1. The van der Waals surface area contributed by atoms with Crippen molar-refractivity contribution in [2.24, 2.45) is 0 Å². The van der Waals surface area contributed by atoms with Crippen LogP contribution in [-0.2, 0) is 6.54 Å². The fourth-order valence-electron chi connectivity index (χ4n) is 2.07. The average Bonchev–Trinajstić information content (AvgIpc) is 2.53. The predicted octanol–water partition coefficient (Wildman–Crippen LogP) is 2.96. The summed E-state index contributed by atoms with van der Waals surface area (Å²) in [5, 5.41) is 15.0. The zero-order chi connectivity index (χ0) is 15.9. The van der Waals surface area contributed by atoms with Gasteiger partial charge in [0.05, 0.1) is 17.3 Å². The van der Waals surface area contributed by atoms with E-state index in [2.05, 4.69) is 5.10 Å². The van der Waals surface area contributed by atoms with Crippen molar-refractivity contribution in [3.63, 3.8) is 0 Å². The van der Waals surface area contributed by atoms with Gasteiger partial charge in [-0.05, 0) is 25.3 Å². The van der Waals surface area contributed by atoms with Crippen molar-refractivity contribution in [1.82, 2.24) is 9.78 Å². The Labute approximate surface area is 126 Å². The molecule has 2 rings (SSSR count). The lowest BCUT2D eigenvalue weighted by Gasteiger charge is -2.07. The highest BCUT2D eigenvalue weighted by molar-refractivity contribution is 5.61. The highest BCUT2D eigenvalue weighted by atomic mass is 19.1. The second-order valence-corrected chi connectivity index (χ2v) is 4.84.